The van der Waals surface area contributed by atoms with Gasteiger partial charge >= 0.3 is 0 Å². The van der Waals surface area contributed by atoms with Gasteiger partial charge in [0.15, 0.2) is 0 Å². The smallest absolute Gasteiger partial charge is 0.129 e. The van der Waals surface area contributed by atoms with Crippen LogP contribution in [0, 0.1) is 11.2 Å². The first-order chi connectivity index (χ1) is 9.56. The van der Waals surface area contributed by atoms with Gasteiger partial charge in [0.1, 0.15) is 11.7 Å². The van der Waals surface area contributed by atoms with E-state index in [9.17, 15) is 4.39 Å². The normalized spacial score (nSPS) is 15.3. The second kappa shape index (κ2) is 5.02. The van der Waals surface area contributed by atoms with Crippen LogP contribution in [0.4, 0.5) is 4.39 Å². The molecule has 0 saturated heterocycles. The van der Waals surface area contributed by atoms with Gasteiger partial charge in [-0.15, -0.1) is 0 Å². The van der Waals surface area contributed by atoms with Crippen LogP contribution in [0.5, 0.6) is 0 Å². The minimum Gasteiger partial charge on any atom is -0.345 e. The second-order valence-corrected chi connectivity index (χ2v) is 5.92. The van der Waals surface area contributed by atoms with E-state index < -0.39 is 0 Å². The SMILES string of the molecule is CC(c1cccc(Br)c1)N1Cc2ccc(F)cc2C1=N. The lowest BCUT2D eigenvalue weighted by Gasteiger charge is -2.26. The standard InChI is InChI=1S/C16H14BrFN2/c1-10(11-3-2-4-13(17)7-11)20-9-12-5-6-14(18)8-15(12)16(20)19/h2-8,10,19H,9H2,1H3. The van der Waals surface area contributed by atoms with E-state index in [1.54, 1.807) is 6.07 Å². The van der Waals surface area contributed by atoms with E-state index >= 15 is 0 Å². The van der Waals surface area contributed by atoms with Crippen LogP contribution in [0.3, 0.4) is 0 Å². The number of fused-ring (bicyclic) bond motifs is 1. The van der Waals surface area contributed by atoms with Gasteiger partial charge in [-0.2, -0.15) is 0 Å². The number of hydrogen-bond acceptors (Lipinski definition) is 1. The molecular weight excluding hydrogens is 319 g/mol. The molecule has 0 amide bonds. The van der Waals surface area contributed by atoms with E-state index in [0.717, 1.165) is 15.6 Å². The first kappa shape index (κ1) is 13.3. The molecule has 0 aliphatic carbocycles. The number of nitrogens with zero attached hydrogens (tertiary/aromatic N) is 1. The Hall–Kier alpha value is -1.68. The Morgan fingerprint density at radius 3 is 2.80 bits per heavy atom. The summed E-state index contributed by atoms with van der Waals surface area (Å²) >= 11 is 3.47. The van der Waals surface area contributed by atoms with Crippen LogP contribution in [0.2, 0.25) is 0 Å². The summed E-state index contributed by atoms with van der Waals surface area (Å²) in [5.74, 6) is 0.109. The van der Waals surface area contributed by atoms with E-state index in [1.807, 2.05) is 23.1 Å². The monoisotopic (exact) mass is 332 g/mol. The third-order valence-corrected chi connectivity index (χ3v) is 4.25. The summed E-state index contributed by atoms with van der Waals surface area (Å²) in [4.78, 5) is 1.99. The van der Waals surface area contributed by atoms with Crippen LogP contribution in [0.15, 0.2) is 46.9 Å². The Kier molecular flexibility index (Phi) is 3.34. The van der Waals surface area contributed by atoms with E-state index in [-0.39, 0.29) is 11.9 Å². The molecule has 1 unspecified atom stereocenters. The molecule has 2 aromatic rings. The predicted molar refractivity (Wildman–Crippen MR) is 81.3 cm³/mol. The molecule has 1 aliphatic heterocycles. The average Bonchev–Trinajstić information content (AvgIpc) is 2.75. The fourth-order valence-electron chi connectivity index (χ4n) is 2.60. The van der Waals surface area contributed by atoms with Gasteiger partial charge in [-0.3, -0.25) is 5.41 Å². The molecule has 102 valence electrons. The van der Waals surface area contributed by atoms with Gasteiger partial charge in [-0.1, -0.05) is 34.1 Å². The Morgan fingerprint density at radius 2 is 2.05 bits per heavy atom. The molecule has 1 atom stereocenters. The molecule has 1 aliphatic rings. The summed E-state index contributed by atoms with van der Waals surface area (Å²) in [5, 5.41) is 8.27. The highest BCUT2D eigenvalue weighted by molar-refractivity contribution is 9.10. The number of halogens is 2. The molecule has 3 rings (SSSR count). The first-order valence-electron chi connectivity index (χ1n) is 6.45. The molecule has 0 fully saturated rings. The number of hydrogen-bond donors (Lipinski definition) is 1. The van der Waals surface area contributed by atoms with Crippen molar-refractivity contribution in [3.63, 3.8) is 0 Å². The fraction of sp³-hybridized carbons (Fsp3) is 0.188. The van der Waals surface area contributed by atoms with Crippen molar-refractivity contribution in [2.75, 3.05) is 0 Å². The molecule has 1 N–H and O–H groups in total. The second-order valence-electron chi connectivity index (χ2n) is 5.01. The lowest BCUT2D eigenvalue weighted by atomic mass is 10.1. The maximum absolute atomic E-state index is 13.3. The van der Waals surface area contributed by atoms with Crippen LogP contribution >= 0.6 is 15.9 Å². The van der Waals surface area contributed by atoms with Crippen molar-refractivity contribution in [3.8, 4) is 0 Å². The van der Waals surface area contributed by atoms with Gasteiger partial charge in [0, 0.05) is 16.6 Å². The third kappa shape index (κ3) is 2.24. The minimum absolute atomic E-state index is 0.0791. The number of rotatable bonds is 2. The van der Waals surface area contributed by atoms with Crippen molar-refractivity contribution in [1.82, 2.24) is 4.90 Å². The Balaban J connectivity index is 1.92. The first-order valence-corrected chi connectivity index (χ1v) is 7.25. The summed E-state index contributed by atoms with van der Waals surface area (Å²) < 4.78 is 14.3. The highest BCUT2D eigenvalue weighted by Gasteiger charge is 2.28. The zero-order valence-electron chi connectivity index (χ0n) is 11.0. The lowest BCUT2D eigenvalue weighted by Crippen LogP contribution is -2.27. The van der Waals surface area contributed by atoms with E-state index in [4.69, 9.17) is 5.41 Å². The molecule has 4 heteroatoms. The molecule has 0 aromatic heterocycles. The fourth-order valence-corrected chi connectivity index (χ4v) is 3.02. The average molecular weight is 333 g/mol. The van der Waals surface area contributed by atoms with Gasteiger partial charge in [0.25, 0.3) is 0 Å². The van der Waals surface area contributed by atoms with Crippen LogP contribution in [-0.4, -0.2) is 10.7 Å². The van der Waals surface area contributed by atoms with Crippen LogP contribution in [0.1, 0.15) is 29.7 Å². The van der Waals surface area contributed by atoms with E-state index in [1.165, 1.54) is 12.1 Å². The van der Waals surface area contributed by atoms with Crippen molar-refractivity contribution < 1.29 is 4.39 Å². The Morgan fingerprint density at radius 1 is 1.25 bits per heavy atom. The number of amidine groups is 1. The van der Waals surface area contributed by atoms with Crippen molar-refractivity contribution in [3.05, 3.63) is 69.4 Å². The predicted octanol–water partition coefficient (Wildman–Crippen LogP) is 4.49. The van der Waals surface area contributed by atoms with E-state index in [0.29, 0.717) is 17.9 Å². The lowest BCUT2D eigenvalue weighted by molar-refractivity contribution is 0.341. The maximum Gasteiger partial charge on any atom is 0.129 e. The summed E-state index contributed by atoms with van der Waals surface area (Å²) in [7, 11) is 0. The molecule has 20 heavy (non-hydrogen) atoms. The quantitative estimate of drug-likeness (QED) is 0.861. The summed E-state index contributed by atoms with van der Waals surface area (Å²) in [5.41, 5.74) is 2.85. The van der Waals surface area contributed by atoms with Gasteiger partial charge in [-0.05, 0) is 42.3 Å². The number of nitrogens with one attached hydrogen (secondary N) is 1. The van der Waals surface area contributed by atoms with Crippen molar-refractivity contribution in [2.45, 2.75) is 19.5 Å². The zero-order chi connectivity index (χ0) is 14.3. The van der Waals surface area contributed by atoms with Gasteiger partial charge < -0.3 is 4.90 Å². The highest BCUT2D eigenvalue weighted by atomic mass is 79.9. The maximum atomic E-state index is 13.3. The highest BCUT2D eigenvalue weighted by Crippen LogP contribution is 2.32. The topological polar surface area (TPSA) is 27.1 Å². The molecular formula is C16H14BrFN2. The van der Waals surface area contributed by atoms with Crippen LogP contribution < -0.4 is 0 Å². The van der Waals surface area contributed by atoms with Gasteiger partial charge in [-0.25, -0.2) is 4.39 Å². The molecule has 0 spiro atoms. The molecule has 2 aromatic carbocycles. The Bertz CT molecular complexity index is 684. The van der Waals surface area contributed by atoms with Gasteiger partial charge in [0.05, 0.1) is 6.04 Å². The Labute approximate surface area is 125 Å². The summed E-state index contributed by atoms with van der Waals surface area (Å²) in [6.45, 7) is 2.72. The van der Waals surface area contributed by atoms with E-state index in [2.05, 4.69) is 28.9 Å². The molecule has 0 saturated carbocycles. The molecule has 0 bridgehead atoms. The molecule has 0 radical (unpaired) electrons. The van der Waals surface area contributed by atoms with Crippen LogP contribution in [-0.2, 0) is 6.54 Å². The summed E-state index contributed by atoms with van der Waals surface area (Å²) in [6, 6.07) is 12.8. The van der Waals surface area contributed by atoms with Crippen molar-refractivity contribution in [2.24, 2.45) is 0 Å². The van der Waals surface area contributed by atoms with Gasteiger partial charge in [0.2, 0.25) is 0 Å². The van der Waals surface area contributed by atoms with Crippen molar-refractivity contribution in [1.29, 1.82) is 5.41 Å². The molecule has 2 nitrogen and oxygen atoms in total. The zero-order valence-corrected chi connectivity index (χ0v) is 12.6. The van der Waals surface area contributed by atoms with Crippen molar-refractivity contribution >= 4 is 21.8 Å². The molecule has 1 heterocycles. The largest absolute Gasteiger partial charge is 0.345 e. The third-order valence-electron chi connectivity index (χ3n) is 3.75. The van der Waals surface area contributed by atoms with Crippen LogP contribution in [0.25, 0.3) is 0 Å². The minimum atomic E-state index is -0.287. The number of benzene rings is 2. The summed E-state index contributed by atoms with van der Waals surface area (Å²) in [6.07, 6.45) is 0.